The van der Waals surface area contributed by atoms with Crippen LogP contribution in [0.2, 0.25) is 10.0 Å². The summed E-state index contributed by atoms with van der Waals surface area (Å²) in [7, 11) is 0. The number of rotatable bonds is 1. The quantitative estimate of drug-likeness (QED) is 0.749. The van der Waals surface area contributed by atoms with Crippen molar-refractivity contribution < 1.29 is 0 Å². The predicted octanol–water partition coefficient (Wildman–Crippen LogP) is 4.67. The maximum Gasteiger partial charge on any atom is 0.0499 e. The minimum atomic E-state index is 0. The summed E-state index contributed by atoms with van der Waals surface area (Å²) in [4.78, 5) is 0. The number of nitrogens with two attached hydrogens (primary N) is 2. The lowest BCUT2D eigenvalue weighted by Gasteiger charge is -2.09. The summed E-state index contributed by atoms with van der Waals surface area (Å²) in [5, 5.41) is 1.15. The SMILES string of the molecule is Cl.Cl.Nc1ccc(N)c(-c2ccc(Cl)cc2Cl)c1. The fourth-order valence-electron chi connectivity index (χ4n) is 1.52. The smallest absolute Gasteiger partial charge is 0.0499 e. The van der Waals surface area contributed by atoms with Gasteiger partial charge in [0.05, 0.1) is 0 Å². The van der Waals surface area contributed by atoms with E-state index in [0.29, 0.717) is 21.4 Å². The van der Waals surface area contributed by atoms with Crippen molar-refractivity contribution in [1.29, 1.82) is 0 Å². The molecule has 0 aromatic heterocycles. The Kier molecular flexibility index (Phi) is 6.64. The van der Waals surface area contributed by atoms with E-state index in [0.717, 1.165) is 11.1 Å². The van der Waals surface area contributed by atoms with Gasteiger partial charge in [0, 0.05) is 32.5 Å². The van der Waals surface area contributed by atoms with Gasteiger partial charge in [0.1, 0.15) is 0 Å². The molecular formula is C12H12Cl4N2. The van der Waals surface area contributed by atoms with E-state index in [1.807, 2.05) is 6.07 Å². The Balaban J connectivity index is 0.00000144. The summed E-state index contributed by atoms with van der Waals surface area (Å²) in [6, 6.07) is 10.6. The summed E-state index contributed by atoms with van der Waals surface area (Å²) in [5.41, 5.74) is 14.5. The molecule has 0 unspecified atom stereocenters. The van der Waals surface area contributed by atoms with Crippen LogP contribution in [0.5, 0.6) is 0 Å². The van der Waals surface area contributed by atoms with Crippen molar-refractivity contribution in [3.8, 4) is 11.1 Å². The third kappa shape index (κ3) is 3.59. The van der Waals surface area contributed by atoms with Crippen molar-refractivity contribution in [3.05, 3.63) is 46.4 Å². The van der Waals surface area contributed by atoms with Crippen LogP contribution in [-0.2, 0) is 0 Å². The zero-order chi connectivity index (χ0) is 11.7. The lowest BCUT2D eigenvalue weighted by molar-refractivity contribution is 1.60. The Morgan fingerprint density at radius 1 is 0.778 bits per heavy atom. The number of halogens is 4. The van der Waals surface area contributed by atoms with Crippen LogP contribution < -0.4 is 11.5 Å². The summed E-state index contributed by atoms with van der Waals surface area (Å²) in [6.45, 7) is 0. The Labute approximate surface area is 128 Å². The first-order chi connectivity index (χ1) is 7.58. The second-order valence-electron chi connectivity index (χ2n) is 3.47. The van der Waals surface area contributed by atoms with Crippen LogP contribution in [0.25, 0.3) is 11.1 Å². The largest absolute Gasteiger partial charge is 0.399 e. The molecule has 6 heteroatoms. The molecule has 2 aromatic rings. The number of anilines is 2. The Morgan fingerprint density at radius 3 is 2.06 bits per heavy atom. The zero-order valence-electron chi connectivity index (χ0n) is 9.19. The molecule has 0 radical (unpaired) electrons. The zero-order valence-corrected chi connectivity index (χ0v) is 12.3. The van der Waals surface area contributed by atoms with Crippen molar-refractivity contribution in [2.75, 3.05) is 11.5 Å². The Morgan fingerprint density at radius 2 is 1.44 bits per heavy atom. The molecule has 0 bridgehead atoms. The maximum atomic E-state index is 6.11. The van der Waals surface area contributed by atoms with Crippen molar-refractivity contribution in [2.45, 2.75) is 0 Å². The van der Waals surface area contributed by atoms with E-state index >= 15 is 0 Å². The minimum Gasteiger partial charge on any atom is -0.399 e. The van der Waals surface area contributed by atoms with Gasteiger partial charge in [-0.25, -0.2) is 0 Å². The molecule has 98 valence electrons. The van der Waals surface area contributed by atoms with E-state index in [9.17, 15) is 0 Å². The van der Waals surface area contributed by atoms with E-state index in [2.05, 4.69) is 0 Å². The van der Waals surface area contributed by atoms with Crippen molar-refractivity contribution in [3.63, 3.8) is 0 Å². The van der Waals surface area contributed by atoms with Crippen LogP contribution in [0.15, 0.2) is 36.4 Å². The van der Waals surface area contributed by atoms with Crippen LogP contribution in [0.3, 0.4) is 0 Å². The van der Waals surface area contributed by atoms with Gasteiger partial charge >= 0.3 is 0 Å². The molecule has 0 saturated carbocycles. The number of hydrogen-bond acceptors (Lipinski definition) is 2. The summed E-state index contributed by atoms with van der Waals surface area (Å²) < 4.78 is 0. The highest BCUT2D eigenvalue weighted by atomic mass is 35.5. The first-order valence-corrected chi connectivity index (χ1v) is 5.44. The van der Waals surface area contributed by atoms with Crippen LogP contribution >= 0.6 is 48.0 Å². The molecule has 18 heavy (non-hydrogen) atoms. The van der Waals surface area contributed by atoms with Gasteiger partial charge in [0.15, 0.2) is 0 Å². The van der Waals surface area contributed by atoms with E-state index in [1.54, 1.807) is 30.3 Å². The van der Waals surface area contributed by atoms with Crippen molar-refractivity contribution in [1.82, 2.24) is 0 Å². The number of benzene rings is 2. The van der Waals surface area contributed by atoms with E-state index in [4.69, 9.17) is 34.7 Å². The molecular weight excluding hydrogens is 314 g/mol. The average Bonchev–Trinajstić information content (AvgIpc) is 2.22. The molecule has 2 nitrogen and oxygen atoms in total. The summed E-state index contributed by atoms with van der Waals surface area (Å²) in [6.07, 6.45) is 0. The van der Waals surface area contributed by atoms with Gasteiger partial charge in [-0.3, -0.25) is 0 Å². The van der Waals surface area contributed by atoms with E-state index in [-0.39, 0.29) is 24.8 Å². The maximum absolute atomic E-state index is 6.11. The van der Waals surface area contributed by atoms with E-state index in [1.165, 1.54) is 0 Å². The monoisotopic (exact) mass is 324 g/mol. The van der Waals surface area contributed by atoms with Crippen LogP contribution in [-0.4, -0.2) is 0 Å². The first kappa shape index (κ1) is 17.2. The molecule has 0 spiro atoms. The molecule has 0 aliphatic heterocycles. The molecule has 0 fully saturated rings. The number of nitrogen functional groups attached to an aromatic ring is 2. The summed E-state index contributed by atoms with van der Waals surface area (Å²) >= 11 is 11.9. The normalized spacial score (nSPS) is 9.22. The second-order valence-corrected chi connectivity index (χ2v) is 4.31. The third-order valence-corrected chi connectivity index (χ3v) is 2.85. The second kappa shape index (κ2) is 6.95. The highest BCUT2D eigenvalue weighted by Crippen LogP contribution is 2.34. The molecule has 0 aliphatic rings. The fourth-order valence-corrected chi connectivity index (χ4v) is 2.03. The predicted molar refractivity (Wildman–Crippen MR) is 85.2 cm³/mol. The molecule has 0 aliphatic carbocycles. The Hall–Kier alpha value is -0.800. The average molecular weight is 326 g/mol. The topological polar surface area (TPSA) is 52.0 Å². The van der Waals surface area contributed by atoms with E-state index < -0.39 is 0 Å². The molecule has 0 heterocycles. The molecule has 4 N–H and O–H groups in total. The van der Waals surface area contributed by atoms with Crippen molar-refractivity contribution in [2.24, 2.45) is 0 Å². The highest BCUT2D eigenvalue weighted by Gasteiger charge is 2.07. The Bertz CT molecular complexity index is 544. The number of hydrogen-bond donors (Lipinski definition) is 2. The lowest BCUT2D eigenvalue weighted by atomic mass is 10.0. The minimum absolute atomic E-state index is 0. The first-order valence-electron chi connectivity index (χ1n) is 4.68. The molecule has 2 aromatic carbocycles. The van der Waals surface area contributed by atoms with Gasteiger partial charge in [-0.2, -0.15) is 0 Å². The summed E-state index contributed by atoms with van der Waals surface area (Å²) in [5.74, 6) is 0. The van der Waals surface area contributed by atoms with Gasteiger partial charge in [-0.05, 0) is 30.3 Å². The van der Waals surface area contributed by atoms with Gasteiger partial charge in [0.25, 0.3) is 0 Å². The van der Waals surface area contributed by atoms with Crippen LogP contribution in [0.4, 0.5) is 11.4 Å². The van der Waals surface area contributed by atoms with Gasteiger partial charge in [-0.1, -0.05) is 29.3 Å². The molecule has 0 atom stereocenters. The van der Waals surface area contributed by atoms with Crippen molar-refractivity contribution >= 4 is 59.4 Å². The molecule has 2 rings (SSSR count). The third-order valence-electron chi connectivity index (χ3n) is 2.30. The lowest BCUT2D eigenvalue weighted by Crippen LogP contribution is -1.93. The molecule has 0 saturated heterocycles. The van der Waals surface area contributed by atoms with Crippen LogP contribution in [0, 0.1) is 0 Å². The molecule has 0 amide bonds. The fraction of sp³-hybridized carbons (Fsp3) is 0. The van der Waals surface area contributed by atoms with Crippen LogP contribution in [0.1, 0.15) is 0 Å². The highest BCUT2D eigenvalue weighted by molar-refractivity contribution is 6.36. The standard InChI is InChI=1S/C12H10Cl2N2.2ClH/c13-7-1-3-9(11(14)5-7)10-6-8(15)2-4-12(10)16;;/h1-6H,15-16H2;2*1H. The van der Waals surface area contributed by atoms with Gasteiger partial charge in [-0.15, -0.1) is 24.8 Å². The van der Waals surface area contributed by atoms with Gasteiger partial charge in [0.2, 0.25) is 0 Å². The van der Waals surface area contributed by atoms with Gasteiger partial charge < -0.3 is 11.5 Å².